The van der Waals surface area contributed by atoms with Crippen LogP contribution in [0.15, 0.2) is 36.8 Å². The highest BCUT2D eigenvalue weighted by Crippen LogP contribution is 2.37. The molecule has 3 aromatic rings. The molecule has 4 rings (SSSR count). The lowest BCUT2D eigenvalue weighted by atomic mass is 9.98. The third-order valence-electron chi connectivity index (χ3n) is 4.18. The zero-order valence-corrected chi connectivity index (χ0v) is 14.5. The first-order valence-electron chi connectivity index (χ1n) is 8.21. The van der Waals surface area contributed by atoms with Crippen LogP contribution < -0.4 is 14.2 Å². The molecule has 0 amide bonds. The van der Waals surface area contributed by atoms with Crippen molar-refractivity contribution in [2.24, 2.45) is 0 Å². The Bertz CT molecular complexity index is 929. The number of rotatable bonds is 5. The fourth-order valence-corrected chi connectivity index (χ4v) is 2.97. The van der Waals surface area contributed by atoms with Crippen molar-refractivity contribution in [2.45, 2.75) is 6.42 Å². The number of imidazole rings is 1. The highest BCUT2D eigenvalue weighted by Gasteiger charge is 2.20. The lowest BCUT2D eigenvalue weighted by molar-refractivity contribution is 0.351. The summed E-state index contributed by atoms with van der Waals surface area (Å²) in [7, 11) is 3.08. The van der Waals surface area contributed by atoms with Crippen LogP contribution in [-0.2, 0) is 6.42 Å². The van der Waals surface area contributed by atoms with Crippen molar-refractivity contribution >= 4 is 11.6 Å². The third kappa shape index (κ3) is 2.99. The predicted octanol–water partition coefficient (Wildman–Crippen LogP) is 2.74. The van der Waals surface area contributed by atoms with Gasteiger partial charge in [0.15, 0.2) is 0 Å². The van der Waals surface area contributed by atoms with Gasteiger partial charge in [0.2, 0.25) is 5.88 Å². The largest absolute Gasteiger partial charge is 0.492 e. The van der Waals surface area contributed by atoms with Crippen LogP contribution in [0.25, 0.3) is 11.6 Å². The number of fused-ring (bicyclic) bond motifs is 1. The molecule has 0 fully saturated rings. The van der Waals surface area contributed by atoms with Crippen molar-refractivity contribution in [3.8, 4) is 17.6 Å². The normalized spacial score (nSPS) is 13.2. The van der Waals surface area contributed by atoms with E-state index >= 15 is 0 Å². The maximum atomic E-state index is 5.88. The Morgan fingerprint density at radius 1 is 1.23 bits per heavy atom. The van der Waals surface area contributed by atoms with Gasteiger partial charge in [-0.2, -0.15) is 9.97 Å². The number of nitrogens with one attached hydrogen (secondary N) is 1. The second-order valence-electron chi connectivity index (χ2n) is 5.74. The Morgan fingerprint density at radius 3 is 2.92 bits per heavy atom. The van der Waals surface area contributed by atoms with E-state index in [1.165, 1.54) is 12.7 Å². The van der Waals surface area contributed by atoms with Crippen LogP contribution in [0.3, 0.4) is 0 Å². The molecule has 7 heteroatoms. The highest BCUT2D eigenvalue weighted by molar-refractivity contribution is 5.92. The molecule has 0 spiro atoms. The van der Waals surface area contributed by atoms with Crippen molar-refractivity contribution in [1.82, 2.24) is 19.9 Å². The van der Waals surface area contributed by atoms with E-state index in [-0.39, 0.29) is 6.01 Å². The van der Waals surface area contributed by atoms with Gasteiger partial charge in [-0.1, -0.05) is 18.2 Å². The Hall–Kier alpha value is -3.35. The summed E-state index contributed by atoms with van der Waals surface area (Å²) in [6.07, 6.45) is 6.27. The van der Waals surface area contributed by atoms with E-state index in [0.717, 1.165) is 29.0 Å². The summed E-state index contributed by atoms with van der Waals surface area (Å²) in [6.45, 7) is 0.692. The zero-order chi connectivity index (χ0) is 17.9. The number of hydrogen-bond donors (Lipinski definition) is 1. The maximum Gasteiger partial charge on any atom is 0.319 e. The average Bonchev–Trinajstić information content (AvgIpc) is 3.37. The Balaban J connectivity index is 1.88. The van der Waals surface area contributed by atoms with E-state index in [0.29, 0.717) is 18.2 Å². The fraction of sp³-hybridized carbons (Fsp3) is 0.211. The number of benzene rings is 1. The van der Waals surface area contributed by atoms with E-state index < -0.39 is 0 Å². The monoisotopic (exact) mass is 350 g/mol. The minimum atomic E-state index is 0.245. The number of H-pyrrole nitrogens is 1. The van der Waals surface area contributed by atoms with E-state index in [1.807, 2.05) is 18.2 Å². The molecular weight excluding hydrogens is 332 g/mol. The lowest BCUT2D eigenvalue weighted by Gasteiger charge is -2.11. The number of nitrogens with zero attached hydrogens (tertiary/aromatic N) is 3. The van der Waals surface area contributed by atoms with E-state index in [2.05, 4.69) is 26.0 Å². The van der Waals surface area contributed by atoms with Crippen LogP contribution in [0.4, 0.5) is 0 Å². The van der Waals surface area contributed by atoms with Crippen LogP contribution in [0.1, 0.15) is 22.5 Å². The number of ether oxygens (including phenoxy) is 3. The first kappa shape index (κ1) is 16.1. The van der Waals surface area contributed by atoms with E-state index in [4.69, 9.17) is 14.2 Å². The molecule has 2 aromatic heterocycles. The van der Waals surface area contributed by atoms with Gasteiger partial charge in [0.05, 0.1) is 44.7 Å². The summed E-state index contributed by atoms with van der Waals surface area (Å²) in [6, 6.07) is 8.16. The van der Waals surface area contributed by atoms with Gasteiger partial charge in [0.1, 0.15) is 5.75 Å². The van der Waals surface area contributed by atoms with Gasteiger partial charge >= 0.3 is 6.01 Å². The van der Waals surface area contributed by atoms with E-state index in [9.17, 15) is 0 Å². The molecule has 1 aliphatic rings. The minimum Gasteiger partial charge on any atom is -0.492 e. The molecule has 0 bridgehead atoms. The van der Waals surface area contributed by atoms with Crippen LogP contribution in [0, 0.1) is 0 Å². The molecule has 0 radical (unpaired) electrons. The first-order chi connectivity index (χ1) is 12.8. The first-order valence-corrected chi connectivity index (χ1v) is 8.21. The highest BCUT2D eigenvalue weighted by atomic mass is 16.5. The predicted molar refractivity (Wildman–Crippen MR) is 96.3 cm³/mol. The summed E-state index contributed by atoms with van der Waals surface area (Å²) >= 11 is 0. The molecule has 0 unspecified atom stereocenters. The van der Waals surface area contributed by atoms with Gasteiger partial charge in [-0.3, -0.25) is 0 Å². The number of aromatic nitrogens is 4. The smallest absolute Gasteiger partial charge is 0.319 e. The number of methoxy groups -OCH3 is 2. The lowest BCUT2D eigenvalue weighted by Crippen LogP contribution is -1.98. The topological polar surface area (TPSA) is 82.2 Å². The molecule has 7 nitrogen and oxygen atoms in total. The molecule has 1 aromatic carbocycles. The fourth-order valence-electron chi connectivity index (χ4n) is 2.97. The van der Waals surface area contributed by atoms with Crippen molar-refractivity contribution < 1.29 is 14.2 Å². The standard InChI is InChI=1S/C19H18N4O3/c1-24-17-9-13(22-19(23-17)25-2)8-15(16-10-20-11-21-16)14-5-3-4-12-6-7-26-18(12)14/h3-5,8-11H,6-7H2,1-2H3,(H,20,21)/b15-8-. The van der Waals surface area contributed by atoms with Crippen molar-refractivity contribution in [1.29, 1.82) is 0 Å². The molecular formula is C19H18N4O3. The van der Waals surface area contributed by atoms with Crippen LogP contribution in [0.2, 0.25) is 0 Å². The van der Waals surface area contributed by atoms with Gasteiger partial charge < -0.3 is 19.2 Å². The second-order valence-corrected chi connectivity index (χ2v) is 5.74. The summed E-state index contributed by atoms with van der Waals surface area (Å²) < 4.78 is 16.3. The Kier molecular flexibility index (Phi) is 4.27. The van der Waals surface area contributed by atoms with Gasteiger partial charge in [-0.15, -0.1) is 0 Å². The number of hydrogen-bond acceptors (Lipinski definition) is 6. The molecule has 132 valence electrons. The van der Waals surface area contributed by atoms with Crippen molar-refractivity contribution in [3.63, 3.8) is 0 Å². The molecule has 1 N–H and O–H groups in total. The molecule has 1 aliphatic heterocycles. The van der Waals surface area contributed by atoms with Crippen LogP contribution in [-0.4, -0.2) is 40.8 Å². The number of aromatic amines is 1. The summed E-state index contributed by atoms with van der Waals surface area (Å²) in [4.78, 5) is 15.9. The van der Waals surface area contributed by atoms with Gasteiger partial charge in [0, 0.05) is 23.6 Å². The molecule has 26 heavy (non-hydrogen) atoms. The molecule has 0 saturated carbocycles. The summed E-state index contributed by atoms with van der Waals surface area (Å²) in [5, 5.41) is 0. The summed E-state index contributed by atoms with van der Waals surface area (Å²) in [5.74, 6) is 1.34. The number of para-hydroxylation sites is 1. The van der Waals surface area contributed by atoms with Crippen molar-refractivity contribution in [3.05, 3.63) is 59.3 Å². The molecule has 0 atom stereocenters. The third-order valence-corrected chi connectivity index (χ3v) is 4.18. The summed E-state index contributed by atoms with van der Waals surface area (Å²) in [5.41, 5.74) is 4.63. The van der Waals surface area contributed by atoms with Gasteiger partial charge in [-0.05, 0) is 11.6 Å². The maximum absolute atomic E-state index is 5.88. The van der Waals surface area contributed by atoms with Gasteiger partial charge in [-0.25, -0.2) is 4.98 Å². The van der Waals surface area contributed by atoms with Crippen molar-refractivity contribution in [2.75, 3.05) is 20.8 Å². The minimum absolute atomic E-state index is 0.245. The second kappa shape index (κ2) is 6.87. The van der Waals surface area contributed by atoms with Gasteiger partial charge in [0.25, 0.3) is 0 Å². The average molecular weight is 350 g/mol. The quantitative estimate of drug-likeness (QED) is 0.762. The molecule has 3 heterocycles. The Labute approximate surface area is 150 Å². The molecule has 0 aliphatic carbocycles. The molecule has 0 saturated heterocycles. The zero-order valence-electron chi connectivity index (χ0n) is 14.5. The van der Waals surface area contributed by atoms with E-state index in [1.54, 1.807) is 25.7 Å². The van der Waals surface area contributed by atoms with Crippen LogP contribution in [0.5, 0.6) is 17.6 Å². The van der Waals surface area contributed by atoms with Crippen LogP contribution >= 0.6 is 0 Å². The SMILES string of the molecule is COc1cc(/C=C(\c2cnc[nH]2)c2cccc3c2OCC3)nc(OC)n1. The Morgan fingerprint density at radius 2 is 2.15 bits per heavy atom.